The van der Waals surface area contributed by atoms with E-state index < -0.39 is 30.0 Å². The van der Waals surface area contributed by atoms with Crippen molar-refractivity contribution in [3.8, 4) is 0 Å². The zero-order valence-corrected chi connectivity index (χ0v) is 15.9. The summed E-state index contributed by atoms with van der Waals surface area (Å²) < 4.78 is 32.2. The molecule has 138 valence electrons. The molecule has 0 aromatic carbocycles. The number of hydrogen-bond donors (Lipinski definition) is 1. The molecule has 0 aliphatic carbocycles. The van der Waals surface area contributed by atoms with Gasteiger partial charge in [0.25, 0.3) is 0 Å². The van der Waals surface area contributed by atoms with Crippen molar-refractivity contribution in [1.82, 2.24) is 0 Å². The van der Waals surface area contributed by atoms with Crippen LogP contribution in [0.1, 0.15) is 43.0 Å². The summed E-state index contributed by atoms with van der Waals surface area (Å²) in [4.78, 5) is 12.2. The summed E-state index contributed by atoms with van der Waals surface area (Å²) in [5.41, 5.74) is -1.06. The van der Waals surface area contributed by atoms with Crippen LogP contribution in [-0.2, 0) is 20.5 Å². The van der Waals surface area contributed by atoms with E-state index in [0.717, 1.165) is 0 Å². The second-order valence-corrected chi connectivity index (χ2v) is 8.33. The van der Waals surface area contributed by atoms with E-state index in [2.05, 4.69) is 0 Å². The van der Waals surface area contributed by atoms with Gasteiger partial charge in [-0.25, -0.2) is 4.39 Å². The Bertz CT molecular complexity index is 822. The van der Waals surface area contributed by atoms with Gasteiger partial charge in [0, 0.05) is 20.9 Å². The van der Waals surface area contributed by atoms with Crippen LogP contribution in [-0.4, -0.2) is 29.4 Å². The molecule has 0 bridgehead atoms. The lowest BCUT2D eigenvalue weighted by Crippen LogP contribution is -2.41. The number of rotatable bonds is 5. The fourth-order valence-electron chi connectivity index (χ4n) is 2.63. The van der Waals surface area contributed by atoms with Crippen molar-refractivity contribution in [3.05, 3.63) is 51.8 Å². The van der Waals surface area contributed by atoms with Crippen LogP contribution in [0, 0.1) is 0 Å². The highest BCUT2D eigenvalue weighted by Gasteiger charge is 2.53. The topological polar surface area (TPSA) is 68.9 Å². The molecule has 0 atom stereocenters. The number of hydrogen-bond acceptors (Lipinski definition) is 5. The molecule has 5 nitrogen and oxygen atoms in total. The average Bonchev–Trinajstić information content (AvgIpc) is 3.21. The zero-order valence-electron chi connectivity index (χ0n) is 15.0. The Balaban J connectivity index is 2.03. The van der Waals surface area contributed by atoms with Crippen molar-refractivity contribution in [2.24, 2.45) is 0 Å². The van der Waals surface area contributed by atoms with Gasteiger partial charge >= 0.3 is 13.1 Å². The lowest BCUT2D eigenvalue weighted by atomic mass is 9.82. The van der Waals surface area contributed by atoms with E-state index in [1.807, 2.05) is 27.7 Å². The first-order valence-electron chi connectivity index (χ1n) is 8.19. The molecule has 1 saturated heterocycles. The van der Waals surface area contributed by atoms with Gasteiger partial charge in [0.1, 0.15) is 5.73 Å². The van der Waals surface area contributed by atoms with Crippen LogP contribution in [0.25, 0.3) is 5.57 Å². The maximum absolute atomic E-state index is 15.5. The van der Waals surface area contributed by atoms with Gasteiger partial charge in [0.15, 0.2) is 0 Å². The van der Waals surface area contributed by atoms with E-state index in [0.29, 0.717) is 20.9 Å². The van der Waals surface area contributed by atoms with E-state index in [4.69, 9.17) is 18.8 Å². The molecule has 0 saturated carbocycles. The first kappa shape index (κ1) is 18.9. The van der Waals surface area contributed by atoms with Crippen LogP contribution >= 0.6 is 11.3 Å². The average molecular weight is 378 g/mol. The number of carboxylic acids is 1. The maximum Gasteiger partial charge on any atom is 0.525 e. The molecule has 0 spiro atoms. The van der Waals surface area contributed by atoms with E-state index >= 15 is 4.39 Å². The lowest BCUT2D eigenvalue weighted by molar-refractivity contribution is -0.136. The summed E-state index contributed by atoms with van der Waals surface area (Å²) in [5, 5.41) is 8.96. The van der Waals surface area contributed by atoms with Gasteiger partial charge in [0.2, 0.25) is 0 Å². The molecule has 3 rings (SSSR count). The van der Waals surface area contributed by atoms with Gasteiger partial charge < -0.3 is 18.8 Å². The summed E-state index contributed by atoms with van der Waals surface area (Å²) in [7, 11) is -1.14. The van der Waals surface area contributed by atoms with E-state index in [1.54, 1.807) is 18.2 Å². The third kappa shape index (κ3) is 3.49. The zero-order chi connectivity index (χ0) is 19.1. The highest BCUT2D eigenvalue weighted by atomic mass is 32.1. The van der Waals surface area contributed by atoms with Crippen LogP contribution in [0.2, 0.25) is 0 Å². The third-order valence-corrected chi connectivity index (χ3v) is 5.85. The van der Waals surface area contributed by atoms with Crippen molar-refractivity contribution < 1.29 is 28.0 Å². The number of furan rings is 1. The molecular weight excluding hydrogens is 358 g/mol. The molecule has 2 aromatic heterocycles. The Morgan fingerprint density at radius 1 is 1.19 bits per heavy atom. The minimum Gasteiger partial charge on any atom is -0.481 e. The van der Waals surface area contributed by atoms with Crippen molar-refractivity contribution in [3.63, 3.8) is 0 Å². The number of aliphatic carboxylic acids is 1. The highest BCUT2D eigenvalue weighted by molar-refractivity contribution is 7.13. The minimum atomic E-state index is -1.14. The van der Waals surface area contributed by atoms with E-state index in [-0.39, 0.29) is 6.42 Å². The fraction of sp³-hybridized carbons (Fsp3) is 0.389. The van der Waals surface area contributed by atoms with Crippen LogP contribution in [0.5, 0.6) is 0 Å². The smallest absolute Gasteiger partial charge is 0.481 e. The van der Waals surface area contributed by atoms with Crippen LogP contribution in [0.4, 0.5) is 4.39 Å². The fourth-order valence-corrected chi connectivity index (χ4v) is 3.69. The second kappa shape index (κ2) is 6.68. The van der Waals surface area contributed by atoms with Gasteiger partial charge in [-0.1, -0.05) is 0 Å². The number of thiophene rings is 1. The van der Waals surface area contributed by atoms with Gasteiger partial charge in [-0.3, -0.25) is 4.79 Å². The van der Waals surface area contributed by atoms with Crippen LogP contribution in [0.15, 0.2) is 40.9 Å². The molecule has 1 fully saturated rings. The van der Waals surface area contributed by atoms with Crippen LogP contribution < -0.4 is 0 Å². The molecule has 26 heavy (non-hydrogen) atoms. The lowest BCUT2D eigenvalue weighted by Gasteiger charge is -2.32. The standard InChI is InChI=1S/C18H20BFO5S/c1-17(2)18(3,4)25-19(24-17)16(20)15(11-7-8-23-10-11)13-6-5-12(26-13)9-14(21)22/h5-8,10H,9H2,1-4H3,(H,21,22). The summed E-state index contributed by atoms with van der Waals surface area (Å²) in [6.45, 7) is 7.42. The molecule has 0 unspecified atom stereocenters. The molecule has 1 aliphatic heterocycles. The molecule has 0 amide bonds. The molecule has 3 heterocycles. The van der Waals surface area contributed by atoms with Gasteiger partial charge in [0.05, 0.1) is 30.1 Å². The third-order valence-electron chi connectivity index (χ3n) is 4.74. The SMILES string of the molecule is CC1(C)OB(C(F)=C(c2ccoc2)c2ccc(CC(=O)O)s2)OC1(C)C. The monoisotopic (exact) mass is 378 g/mol. The van der Waals surface area contributed by atoms with Crippen molar-refractivity contribution in [1.29, 1.82) is 0 Å². The minimum absolute atomic E-state index is 0.110. The predicted molar refractivity (Wildman–Crippen MR) is 97.6 cm³/mol. The first-order valence-corrected chi connectivity index (χ1v) is 9.01. The Morgan fingerprint density at radius 3 is 2.38 bits per heavy atom. The number of carbonyl (C=O) groups is 1. The molecule has 2 aromatic rings. The summed E-state index contributed by atoms with van der Waals surface area (Å²) >= 11 is 1.22. The Kier molecular flexibility index (Phi) is 4.85. The van der Waals surface area contributed by atoms with Crippen molar-refractivity contribution in [2.75, 3.05) is 0 Å². The quantitative estimate of drug-likeness (QED) is 0.785. The van der Waals surface area contributed by atoms with E-state index in [1.165, 1.54) is 23.9 Å². The summed E-state index contributed by atoms with van der Waals surface area (Å²) in [6.07, 6.45) is 2.79. The number of carboxylic acid groups (broad SMARTS) is 1. The predicted octanol–water partition coefficient (Wildman–Crippen LogP) is 4.33. The Labute approximate surface area is 155 Å². The number of halogens is 1. The highest BCUT2D eigenvalue weighted by Crippen LogP contribution is 2.42. The second-order valence-electron chi connectivity index (χ2n) is 7.16. The Hall–Kier alpha value is -1.90. The van der Waals surface area contributed by atoms with Crippen molar-refractivity contribution in [2.45, 2.75) is 45.3 Å². The molecule has 1 aliphatic rings. The molecule has 0 radical (unpaired) electrons. The van der Waals surface area contributed by atoms with Gasteiger partial charge in [-0.2, -0.15) is 0 Å². The summed E-state index contributed by atoms with van der Waals surface area (Å²) in [6, 6.07) is 5.04. The van der Waals surface area contributed by atoms with Crippen LogP contribution in [0.3, 0.4) is 0 Å². The molecule has 8 heteroatoms. The Morgan fingerprint density at radius 2 is 1.85 bits per heavy atom. The largest absolute Gasteiger partial charge is 0.525 e. The van der Waals surface area contributed by atoms with E-state index in [9.17, 15) is 4.79 Å². The molecular formula is C18H20BFO5S. The summed E-state index contributed by atoms with van der Waals surface area (Å²) in [5.74, 6) is -0.932. The molecule has 1 N–H and O–H groups in total. The maximum atomic E-state index is 15.5. The van der Waals surface area contributed by atoms with Gasteiger partial charge in [-0.15, -0.1) is 11.3 Å². The first-order chi connectivity index (χ1) is 12.1. The van der Waals surface area contributed by atoms with Crippen molar-refractivity contribution >= 4 is 30.0 Å². The normalized spacial score (nSPS) is 19.5. The van der Waals surface area contributed by atoms with Gasteiger partial charge in [-0.05, 0) is 45.9 Å².